The van der Waals surface area contributed by atoms with E-state index in [1.807, 2.05) is 6.26 Å². The number of aliphatic hydroxyl groups excluding tert-OH is 1. The fourth-order valence-electron chi connectivity index (χ4n) is 1.32. The van der Waals surface area contributed by atoms with Crippen molar-refractivity contribution < 1.29 is 5.11 Å². The maximum Gasteiger partial charge on any atom is 0.257 e. The molecule has 0 atom stereocenters. The van der Waals surface area contributed by atoms with Crippen LogP contribution in [0.15, 0.2) is 16.1 Å². The third-order valence-corrected chi connectivity index (χ3v) is 2.85. The summed E-state index contributed by atoms with van der Waals surface area (Å²) in [6, 6.07) is 0. The van der Waals surface area contributed by atoms with E-state index in [4.69, 9.17) is 5.11 Å². The van der Waals surface area contributed by atoms with Gasteiger partial charge in [-0.2, -0.15) is 0 Å². The molecule has 84 valence electrons. The topological polar surface area (TPSA) is 55.1 Å². The Morgan fingerprint density at radius 1 is 1.53 bits per heavy atom. The van der Waals surface area contributed by atoms with Crippen molar-refractivity contribution in [2.75, 3.05) is 12.9 Å². The van der Waals surface area contributed by atoms with Gasteiger partial charge in [-0.3, -0.25) is 9.36 Å². The fourth-order valence-corrected chi connectivity index (χ4v) is 1.87. The Hall–Kier alpha value is -0.810. The summed E-state index contributed by atoms with van der Waals surface area (Å²) in [7, 11) is 0. The van der Waals surface area contributed by atoms with Crippen molar-refractivity contribution in [3.05, 3.63) is 22.1 Å². The Morgan fingerprint density at radius 3 is 2.87 bits per heavy atom. The molecule has 1 aromatic rings. The van der Waals surface area contributed by atoms with Gasteiger partial charge in [-0.05, 0) is 26.0 Å². The minimum Gasteiger partial charge on any atom is -0.396 e. The highest BCUT2D eigenvalue weighted by molar-refractivity contribution is 7.98. The summed E-state index contributed by atoms with van der Waals surface area (Å²) < 4.78 is 1.68. The normalized spacial score (nSPS) is 10.6. The molecule has 5 heteroatoms. The zero-order valence-electron chi connectivity index (χ0n) is 9.06. The van der Waals surface area contributed by atoms with Gasteiger partial charge in [0, 0.05) is 24.9 Å². The standard InChI is InChI=1S/C10H16N2O2S/c1-8-7-11-10(15-2)12(9(8)14)5-3-4-6-13/h7,13H,3-6H2,1-2H3. The van der Waals surface area contributed by atoms with Crippen molar-refractivity contribution in [1.29, 1.82) is 0 Å². The lowest BCUT2D eigenvalue weighted by Gasteiger charge is -2.09. The van der Waals surface area contributed by atoms with Crippen LogP contribution < -0.4 is 5.56 Å². The Labute approximate surface area is 93.3 Å². The molecule has 15 heavy (non-hydrogen) atoms. The molecule has 4 nitrogen and oxygen atoms in total. The van der Waals surface area contributed by atoms with Gasteiger partial charge in [0.05, 0.1) is 0 Å². The van der Waals surface area contributed by atoms with Crippen molar-refractivity contribution in [2.24, 2.45) is 0 Å². The zero-order chi connectivity index (χ0) is 11.3. The second kappa shape index (κ2) is 5.92. The molecule has 0 unspecified atom stereocenters. The van der Waals surface area contributed by atoms with E-state index in [1.54, 1.807) is 17.7 Å². The summed E-state index contributed by atoms with van der Waals surface area (Å²) in [6.45, 7) is 2.56. The minimum absolute atomic E-state index is 0.0206. The monoisotopic (exact) mass is 228 g/mol. The first-order valence-corrected chi connectivity index (χ1v) is 6.14. The van der Waals surface area contributed by atoms with E-state index in [9.17, 15) is 4.79 Å². The number of rotatable bonds is 5. The largest absolute Gasteiger partial charge is 0.396 e. The highest BCUT2D eigenvalue weighted by Gasteiger charge is 2.06. The van der Waals surface area contributed by atoms with E-state index in [2.05, 4.69) is 4.98 Å². The molecule has 0 spiro atoms. The van der Waals surface area contributed by atoms with Gasteiger partial charge in [-0.25, -0.2) is 4.98 Å². The Morgan fingerprint density at radius 2 is 2.27 bits per heavy atom. The molecular formula is C10H16N2O2S. The summed E-state index contributed by atoms with van der Waals surface area (Å²) in [5.74, 6) is 0. The van der Waals surface area contributed by atoms with Crippen LogP contribution in [0.4, 0.5) is 0 Å². The first-order valence-electron chi connectivity index (χ1n) is 4.92. The number of hydrogen-bond acceptors (Lipinski definition) is 4. The Bertz CT molecular complexity index is 376. The maximum absolute atomic E-state index is 11.8. The van der Waals surface area contributed by atoms with Crippen LogP contribution in [0, 0.1) is 6.92 Å². The minimum atomic E-state index is 0.0206. The molecule has 0 saturated heterocycles. The molecule has 0 amide bonds. The predicted molar refractivity (Wildman–Crippen MR) is 61.3 cm³/mol. The van der Waals surface area contributed by atoms with E-state index in [0.717, 1.165) is 11.6 Å². The number of thioether (sulfide) groups is 1. The molecule has 1 rings (SSSR count). The highest BCUT2D eigenvalue weighted by Crippen LogP contribution is 2.10. The van der Waals surface area contributed by atoms with E-state index < -0.39 is 0 Å². The van der Waals surface area contributed by atoms with Crippen LogP contribution >= 0.6 is 11.8 Å². The molecule has 1 N–H and O–H groups in total. The van der Waals surface area contributed by atoms with Gasteiger partial charge in [0.2, 0.25) is 0 Å². The van der Waals surface area contributed by atoms with E-state index in [0.29, 0.717) is 18.5 Å². The molecule has 0 radical (unpaired) electrons. The molecule has 0 aliphatic heterocycles. The van der Waals surface area contributed by atoms with Crippen molar-refractivity contribution >= 4 is 11.8 Å². The van der Waals surface area contributed by atoms with Gasteiger partial charge in [0.1, 0.15) is 0 Å². The Balaban J connectivity index is 2.92. The molecule has 0 aliphatic carbocycles. The van der Waals surface area contributed by atoms with Gasteiger partial charge in [-0.1, -0.05) is 11.8 Å². The highest BCUT2D eigenvalue weighted by atomic mass is 32.2. The summed E-state index contributed by atoms with van der Waals surface area (Å²) in [5.41, 5.74) is 0.684. The van der Waals surface area contributed by atoms with Crippen LogP contribution in [0.3, 0.4) is 0 Å². The van der Waals surface area contributed by atoms with Crippen molar-refractivity contribution in [3.8, 4) is 0 Å². The van der Waals surface area contributed by atoms with E-state index in [-0.39, 0.29) is 12.2 Å². The lowest BCUT2D eigenvalue weighted by atomic mass is 10.3. The number of aromatic nitrogens is 2. The SMILES string of the molecule is CSc1ncc(C)c(=O)n1CCCCO. The number of nitrogens with zero attached hydrogens (tertiary/aromatic N) is 2. The summed E-state index contributed by atoms with van der Waals surface area (Å²) in [4.78, 5) is 16.0. The van der Waals surface area contributed by atoms with Crippen molar-refractivity contribution in [1.82, 2.24) is 9.55 Å². The molecule has 0 saturated carbocycles. The van der Waals surface area contributed by atoms with Crippen LogP contribution in [-0.4, -0.2) is 27.5 Å². The number of aliphatic hydroxyl groups is 1. The lowest BCUT2D eigenvalue weighted by molar-refractivity contribution is 0.280. The van der Waals surface area contributed by atoms with Crippen LogP contribution in [0.1, 0.15) is 18.4 Å². The van der Waals surface area contributed by atoms with E-state index >= 15 is 0 Å². The van der Waals surface area contributed by atoms with Gasteiger partial charge in [0.25, 0.3) is 5.56 Å². The van der Waals surface area contributed by atoms with Crippen LogP contribution in [0.25, 0.3) is 0 Å². The molecule has 1 aromatic heterocycles. The predicted octanol–water partition coefficient (Wildman–Crippen LogP) is 1.05. The average molecular weight is 228 g/mol. The lowest BCUT2D eigenvalue weighted by Crippen LogP contribution is -2.24. The third kappa shape index (κ3) is 3.07. The summed E-state index contributed by atoms with van der Waals surface area (Å²) in [5, 5.41) is 9.43. The second-order valence-corrected chi connectivity index (χ2v) is 4.09. The van der Waals surface area contributed by atoms with Crippen LogP contribution in [0.5, 0.6) is 0 Å². The number of hydrogen-bond donors (Lipinski definition) is 1. The quantitative estimate of drug-likeness (QED) is 0.465. The molecular weight excluding hydrogens is 212 g/mol. The van der Waals surface area contributed by atoms with Gasteiger partial charge in [0.15, 0.2) is 5.16 Å². The number of aryl methyl sites for hydroxylation is 1. The molecule has 1 heterocycles. The smallest absolute Gasteiger partial charge is 0.257 e. The zero-order valence-corrected chi connectivity index (χ0v) is 9.88. The first-order chi connectivity index (χ1) is 7.20. The van der Waals surface area contributed by atoms with Crippen LogP contribution in [0.2, 0.25) is 0 Å². The molecule has 0 bridgehead atoms. The fraction of sp³-hybridized carbons (Fsp3) is 0.600. The van der Waals surface area contributed by atoms with Crippen molar-refractivity contribution in [3.63, 3.8) is 0 Å². The summed E-state index contributed by atoms with van der Waals surface area (Å²) in [6.07, 6.45) is 5.03. The third-order valence-electron chi connectivity index (χ3n) is 2.15. The van der Waals surface area contributed by atoms with Gasteiger partial charge < -0.3 is 5.11 Å². The molecule has 0 aromatic carbocycles. The van der Waals surface area contributed by atoms with Gasteiger partial charge in [-0.15, -0.1) is 0 Å². The summed E-state index contributed by atoms with van der Waals surface area (Å²) >= 11 is 1.47. The molecule has 0 aliphatic rings. The van der Waals surface area contributed by atoms with Crippen LogP contribution in [-0.2, 0) is 6.54 Å². The van der Waals surface area contributed by atoms with Gasteiger partial charge >= 0.3 is 0 Å². The second-order valence-electron chi connectivity index (χ2n) is 3.32. The first kappa shape index (κ1) is 12.3. The number of unbranched alkanes of at least 4 members (excludes halogenated alkanes) is 1. The van der Waals surface area contributed by atoms with E-state index in [1.165, 1.54) is 11.8 Å². The average Bonchev–Trinajstić information content (AvgIpc) is 2.25. The Kier molecular flexibility index (Phi) is 4.84. The van der Waals surface area contributed by atoms with Crippen molar-refractivity contribution in [2.45, 2.75) is 31.5 Å². The molecule has 0 fully saturated rings. The maximum atomic E-state index is 11.8.